The van der Waals surface area contributed by atoms with Crippen LogP contribution in [0.15, 0.2) is 48.5 Å². The molecule has 0 saturated heterocycles. The Kier molecular flexibility index (Phi) is 3.84. The Bertz CT molecular complexity index is 1120. The molecule has 130 valence electrons. The third kappa shape index (κ3) is 2.88. The van der Waals surface area contributed by atoms with Crippen LogP contribution in [-0.4, -0.2) is 19.7 Å². The molecule has 0 aliphatic rings. The van der Waals surface area contributed by atoms with Crippen molar-refractivity contribution in [2.24, 2.45) is 0 Å². The minimum absolute atomic E-state index is 0.110. The molecule has 2 aromatic heterocycles. The van der Waals surface area contributed by atoms with E-state index in [1.54, 1.807) is 4.68 Å². The van der Waals surface area contributed by atoms with Crippen LogP contribution in [0.2, 0.25) is 0 Å². The van der Waals surface area contributed by atoms with Crippen molar-refractivity contribution in [3.63, 3.8) is 0 Å². The number of hydrogen-bond acceptors (Lipinski definition) is 4. The van der Waals surface area contributed by atoms with Gasteiger partial charge in [-0.1, -0.05) is 12.1 Å². The second kappa shape index (κ2) is 6.18. The number of benzene rings is 2. The summed E-state index contributed by atoms with van der Waals surface area (Å²) in [4.78, 5) is 9.21. The van der Waals surface area contributed by atoms with E-state index in [4.69, 9.17) is 0 Å². The maximum Gasteiger partial charge on any atom is 0.197 e. The van der Waals surface area contributed by atoms with Crippen LogP contribution < -0.4 is 5.32 Å². The summed E-state index contributed by atoms with van der Waals surface area (Å²) in [7, 11) is 0. The van der Waals surface area contributed by atoms with Gasteiger partial charge in [0.2, 0.25) is 0 Å². The lowest BCUT2D eigenvalue weighted by molar-refractivity contribution is 0.586. The van der Waals surface area contributed by atoms with Crippen molar-refractivity contribution < 1.29 is 8.78 Å². The first kappa shape index (κ1) is 16.1. The molecule has 0 saturated carbocycles. The van der Waals surface area contributed by atoms with E-state index in [1.165, 1.54) is 12.1 Å². The summed E-state index contributed by atoms with van der Waals surface area (Å²) in [6.07, 6.45) is 0. The van der Waals surface area contributed by atoms with E-state index in [-0.39, 0.29) is 5.69 Å². The van der Waals surface area contributed by atoms with Crippen LogP contribution in [0.5, 0.6) is 0 Å². The summed E-state index contributed by atoms with van der Waals surface area (Å²) in [5.41, 5.74) is 3.16. The molecular weight excluding hydrogens is 336 g/mol. The second-order valence-corrected chi connectivity index (χ2v) is 5.97. The van der Waals surface area contributed by atoms with E-state index in [0.29, 0.717) is 22.7 Å². The van der Waals surface area contributed by atoms with Gasteiger partial charge in [-0.15, -0.1) is 0 Å². The highest BCUT2D eigenvalue weighted by atomic mass is 19.1. The van der Waals surface area contributed by atoms with Gasteiger partial charge >= 0.3 is 0 Å². The molecule has 0 atom stereocenters. The topological polar surface area (TPSA) is 55.6 Å². The molecule has 0 aliphatic heterocycles. The smallest absolute Gasteiger partial charge is 0.197 e. The number of aromatic nitrogens is 4. The number of para-hydroxylation sites is 2. The van der Waals surface area contributed by atoms with Gasteiger partial charge in [0, 0.05) is 11.8 Å². The highest BCUT2D eigenvalue weighted by Gasteiger charge is 2.16. The van der Waals surface area contributed by atoms with Gasteiger partial charge in [-0.05, 0) is 44.2 Å². The van der Waals surface area contributed by atoms with E-state index in [2.05, 4.69) is 20.4 Å². The third-order valence-electron chi connectivity index (χ3n) is 3.95. The Balaban J connectivity index is 1.91. The zero-order chi connectivity index (χ0) is 18.3. The number of fused-ring (bicyclic) bond motifs is 1. The number of hydrogen-bond donors (Lipinski definition) is 1. The minimum atomic E-state index is -0.709. The maximum atomic E-state index is 14.1. The summed E-state index contributed by atoms with van der Waals surface area (Å²) < 4.78 is 28.9. The van der Waals surface area contributed by atoms with Crippen molar-refractivity contribution in [1.82, 2.24) is 19.7 Å². The van der Waals surface area contributed by atoms with Crippen molar-refractivity contribution in [1.29, 1.82) is 0 Å². The number of halogens is 2. The molecule has 0 amide bonds. The van der Waals surface area contributed by atoms with E-state index < -0.39 is 11.6 Å². The normalized spacial score (nSPS) is 11.1. The quantitative estimate of drug-likeness (QED) is 0.592. The molecule has 0 bridgehead atoms. The third-order valence-corrected chi connectivity index (χ3v) is 3.95. The average molecular weight is 351 g/mol. The first-order chi connectivity index (χ1) is 12.5. The number of aryl methyl sites for hydroxylation is 2. The Hall–Kier alpha value is -3.35. The van der Waals surface area contributed by atoms with Gasteiger partial charge in [-0.2, -0.15) is 5.10 Å². The van der Waals surface area contributed by atoms with Crippen molar-refractivity contribution in [2.75, 3.05) is 5.32 Å². The van der Waals surface area contributed by atoms with Crippen LogP contribution in [0.25, 0.3) is 16.9 Å². The fourth-order valence-corrected chi connectivity index (χ4v) is 2.78. The minimum Gasteiger partial charge on any atom is -0.335 e. The van der Waals surface area contributed by atoms with Gasteiger partial charge < -0.3 is 5.32 Å². The average Bonchev–Trinajstić information content (AvgIpc) is 2.95. The number of rotatable bonds is 3. The van der Waals surface area contributed by atoms with Crippen molar-refractivity contribution in [3.8, 4) is 5.82 Å². The lowest BCUT2D eigenvalue weighted by atomic mass is 10.2. The molecule has 5 nitrogen and oxygen atoms in total. The van der Waals surface area contributed by atoms with Crippen molar-refractivity contribution in [2.45, 2.75) is 13.8 Å². The molecule has 0 spiro atoms. The van der Waals surface area contributed by atoms with Gasteiger partial charge in [0.1, 0.15) is 11.6 Å². The number of nitrogens with zero attached hydrogens (tertiary/aromatic N) is 4. The predicted octanol–water partition coefficient (Wildman–Crippen LogP) is 4.45. The molecule has 1 N–H and O–H groups in total. The van der Waals surface area contributed by atoms with Crippen molar-refractivity contribution >= 4 is 22.5 Å². The van der Waals surface area contributed by atoms with Gasteiger partial charge in [0.25, 0.3) is 0 Å². The van der Waals surface area contributed by atoms with Crippen LogP contribution in [-0.2, 0) is 0 Å². The van der Waals surface area contributed by atoms with E-state index in [0.717, 1.165) is 17.5 Å². The molecule has 7 heteroatoms. The zero-order valence-electron chi connectivity index (χ0n) is 14.2. The zero-order valence-corrected chi connectivity index (χ0v) is 14.2. The molecule has 26 heavy (non-hydrogen) atoms. The number of anilines is 2. The first-order valence-electron chi connectivity index (χ1n) is 8.04. The predicted molar refractivity (Wildman–Crippen MR) is 95.8 cm³/mol. The van der Waals surface area contributed by atoms with Gasteiger partial charge in [-0.25, -0.2) is 23.4 Å². The van der Waals surface area contributed by atoms with Crippen LogP contribution in [0, 0.1) is 25.5 Å². The summed E-state index contributed by atoms with van der Waals surface area (Å²) in [5, 5.41) is 7.37. The summed E-state index contributed by atoms with van der Waals surface area (Å²) >= 11 is 0. The lowest BCUT2D eigenvalue weighted by Crippen LogP contribution is -2.09. The molecule has 2 aromatic carbocycles. The molecule has 0 radical (unpaired) electrons. The van der Waals surface area contributed by atoms with E-state index >= 15 is 0 Å². The molecular formula is C19H15F2N5. The maximum absolute atomic E-state index is 14.1. The molecule has 4 rings (SSSR count). The van der Waals surface area contributed by atoms with Crippen LogP contribution >= 0.6 is 0 Å². The van der Waals surface area contributed by atoms with Gasteiger partial charge in [-0.3, -0.25) is 0 Å². The van der Waals surface area contributed by atoms with Crippen molar-refractivity contribution in [3.05, 3.63) is 71.6 Å². The lowest BCUT2D eigenvalue weighted by Gasteiger charge is -2.13. The molecule has 0 fully saturated rings. The van der Waals surface area contributed by atoms with Crippen LogP contribution in [0.3, 0.4) is 0 Å². The van der Waals surface area contributed by atoms with E-state index in [9.17, 15) is 8.78 Å². The largest absolute Gasteiger partial charge is 0.335 e. The van der Waals surface area contributed by atoms with E-state index in [1.807, 2.05) is 44.2 Å². The summed E-state index contributed by atoms with van der Waals surface area (Å²) in [6.45, 7) is 3.78. The Morgan fingerprint density at radius 3 is 2.31 bits per heavy atom. The molecule has 0 unspecified atom stereocenters. The van der Waals surface area contributed by atoms with Gasteiger partial charge in [0.05, 0.1) is 22.4 Å². The molecule has 2 heterocycles. The molecule has 0 aliphatic carbocycles. The second-order valence-electron chi connectivity index (χ2n) is 5.97. The monoisotopic (exact) mass is 351 g/mol. The fourth-order valence-electron chi connectivity index (χ4n) is 2.78. The standard InChI is InChI=1S/C19H15F2N5/c1-11-9-12(2)26(25-11)19-18(22-15-8-7-13(20)10-14(15)21)23-16-5-3-4-6-17(16)24-19/h3-10H,1-2H3,(H,22,23). The Labute approximate surface area is 148 Å². The van der Waals surface area contributed by atoms with Crippen LogP contribution in [0.1, 0.15) is 11.4 Å². The SMILES string of the molecule is Cc1cc(C)n(-c2nc3ccccc3nc2Nc2ccc(F)cc2F)n1. The number of nitrogens with one attached hydrogen (secondary N) is 1. The Morgan fingerprint density at radius 2 is 1.65 bits per heavy atom. The Morgan fingerprint density at radius 1 is 0.923 bits per heavy atom. The van der Waals surface area contributed by atoms with Crippen LogP contribution in [0.4, 0.5) is 20.3 Å². The first-order valence-corrected chi connectivity index (χ1v) is 8.04. The summed E-state index contributed by atoms with van der Waals surface area (Å²) in [5.74, 6) is -0.575. The van der Waals surface area contributed by atoms with Gasteiger partial charge in [0.15, 0.2) is 11.6 Å². The fraction of sp³-hybridized carbons (Fsp3) is 0.105. The highest BCUT2D eigenvalue weighted by Crippen LogP contribution is 2.26. The summed E-state index contributed by atoms with van der Waals surface area (Å²) in [6, 6.07) is 12.6. The highest BCUT2D eigenvalue weighted by molar-refractivity contribution is 5.79. The molecule has 4 aromatic rings.